The Bertz CT molecular complexity index is 455. The maximum atomic E-state index is 11.8. The summed E-state index contributed by atoms with van der Waals surface area (Å²) in [5.41, 5.74) is 0.998. The van der Waals surface area contributed by atoms with Crippen LogP contribution in [-0.4, -0.2) is 46.8 Å². The van der Waals surface area contributed by atoms with Gasteiger partial charge >= 0.3 is 5.97 Å². The van der Waals surface area contributed by atoms with E-state index in [1.54, 1.807) is 12.4 Å². The van der Waals surface area contributed by atoms with Gasteiger partial charge in [-0.3, -0.25) is 14.7 Å². The molecule has 104 valence electrons. The second-order valence-electron chi connectivity index (χ2n) is 4.66. The first-order chi connectivity index (χ1) is 9.11. The minimum Gasteiger partial charge on any atom is -0.468 e. The number of hydrogen-bond acceptors (Lipinski definition) is 5. The van der Waals surface area contributed by atoms with Crippen molar-refractivity contribution in [3.8, 4) is 0 Å². The van der Waals surface area contributed by atoms with Crippen molar-refractivity contribution < 1.29 is 14.6 Å². The third-order valence-electron chi connectivity index (χ3n) is 3.29. The molecule has 5 nitrogen and oxygen atoms in total. The van der Waals surface area contributed by atoms with Crippen molar-refractivity contribution in [1.82, 2.24) is 9.88 Å². The van der Waals surface area contributed by atoms with Crippen LogP contribution in [0.15, 0.2) is 22.9 Å². The van der Waals surface area contributed by atoms with Gasteiger partial charge in [0.1, 0.15) is 6.04 Å². The molecule has 1 saturated heterocycles. The summed E-state index contributed by atoms with van der Waals surface area (Å²) in [4.78, 5) is 17.9. The van der Waals surface area contributed by atoms with Crippen molar-refractivity contribution in [1.29, 1.82) is 0 Å². The molecule has 2 heterocycles. The number of methoxy groups -OCH3 is 1. The number of ether oxygens (including phenoxy) is 1. The maximum Gasteiger partial charge on any atom is 0.325 e. The van der Waals surface area contributed by atoms with Crippen LogP contribution >= 0.6 is 15.9 Å². The van der Waals surface area contributed by atoms with Gasteiger partial charge in [-0.25, -0.2) is 0 Å². The van der Waals surface area contributed by atoms with Crippen molar-refractivity contribution >= 4 is 21.9 Å². The first kappa shape index (κ1) is 14.4. The number of halogens is 1. The van der Waals surface area contributed by atoms with E-state index in [1.165, 1.54) is 7.11 Å². The predicted octanol–water partition coefficient (Wildman–Crippen LogP) is 1.34. The van der Waals surface area contributed by atoms with Crippen LogP contribution in [0, 0.1) is 0 Å². The van der Waals surface area contributed by atoms with Gasteiger partial charge < -0.3 is 9.84 Å². The second kappa shape index (κ2) is 6.45. The molecule has 0 aromatic carbocycles. The number of esters is 1. The first-order valence-electron chi connectivity index (χ1n) is 6.21. The molecule has 0 spiro atoms. The van der Waals surface area contributed by atoms with E-state index in [0.717, 1.165) is 23.0 Å². The fourth-order valence-electron chi connectivity index (χ4n) is 2.42. The van der Waals surface area contributed by atoms with Crippen LogP contribution < -0.4 is 0 Å². The predicted molar refractivity (Wildman–Crippen MR) is 73.4 cm³/mol. The zero-order chi connectivity index (χ0) is 13.8. The summed E-state index contributed by atoms with van der Waals surface area (Å²) in [7, 11) is 1.35. The molecule has 6 heteroatoms. The van der Waals surface area contributed by atoms with Crippen molar-refractivity contribution in [3.63, 3.8) is 0 Å². The van der Waals surface area contributed by atoms with E-state index in [1.807, 2.05) is 11.0 Å². The van der Waals surface area contributed by atoms with Gasteiger partial charge in [-0.1, -0.05) is 0 Å². The van der Waals surface area contributed by atoms with Crippen LogP contribution in [0.3, 0.4) is 0 Å². The van der Waals surface area contributed by atoms with Crippen molar-refractivity contribution in [3.05, 3.63) is 28.5 Å². The summed E-state index contributed by atoms with van der Waals surface area (Å²) in [5.74, 6) is -0.379. The molecule has 0 aliphatic carbocycles. The van der Waals surface area contributed by atoms with Crippen LogP contribution in [0.2, 0.25) is 0 Å². The molecule has 0 unspecified atom stereocenters. The molecule has 1 fully saturated rings. The van der Waals surface area contributed by atoms with E-state index >= 15 is 0 Å². The molecule has 0 radical (unpaired) electrons. The van der Waals surface area contributed by atoms with E-state index < -0.39 is 12.1 Å². The Morgan fingerprint density at radius 2 is 2.42 bits per heavy atom. The van der Waals surface area contributed by atoms with Gasteiger partial charge in [-0.15, -0.1) is 0 Å². The number of rotatable bonds is 3. The molecule has 2 rings (SSSR count). The van der Waals surface area contributed by atoms with E-state index in [9.17, 15) is 9.90 Å². The highest BCUT2D eigenvalue weighted by Crippen LogP contribution is 2.22. The molecule has 1 aromatic rings. The number of nitrogens with zero attached hydrogens (tertiary/aromatic N) is 2. The maximum absolute atomic E-state index is 11.8. The molecule has 1 N–H and O–H groups in total. The highest BCUT2D eigenvalue weighted by Gasteiger charge is 2.36. The number of piperidine rings is 1. The molecule has 1 aliphatic rings. The average Bonchev–Trinajstić information content (AvgIpc) is 2.38. The summed E-state index contributed by atoms with van der Waals surface area (Å²) < 4.78 is 5.69. The number of carbonyl (C=O) groups excluding carboxylic acids is 1. The molecule has 1 aliphatic heterocycles. The van der Waals surface area contributed by atoms with Crippen molar-refractivity contribution in [2.24, 2.45) is 0 Å². The van der Waals surface area contributed by atoms with E-state index in [-0.39, 0.29) is 5.97 Å². The van der Waals surface area contributed by atoms with Gasteiger partial charge in [0, 0.05) is 23.4 Å². The summed E-state index contributed by atoms with van der Waals surface area (Å²) in [6, 6.07) is 1.38. The molecular formula is C13H17BrN2O3. The van der Waals surface area contributed by atoms with Crippen molar-refractivity contribution in [2.75, 3.05) is 13.7 Å². The first-order valence-corrected chi connectivity index (χ1v) is 7.00. The number of aliphatic hydroxyl groups excluding tert-OH is 1. The fourth-order valence-corrected chi connectivity index (χ4v) is 2.84. The highest BCUT2D eigenvalue weighted by molar-refractivity contribution is 9.10. The molecule has 1 aromatic heterocycles. The minimum absolute atomic E-state index is 0.379. The third kappa shape index (κ3) is 3.52. The SMILES string of the molecule is COC(=O)[C@@H]1[C@@H](O)CCCN1Cc1cncc(Br)c1. The second-order valence-corrected chi connectivity index (χ2v) is 5.58. The number of aliphatic hydroxyl groups is 1. The molecular weight excluding hydrogens is 312 g/mol. The third-order valence-corrected chi connectivity index (χ3v) is 3.73. The minimum atomic E-state index is -0.665. The zero-order valence-corrected chi connectivity index (χ0v) is 12.3. The molecule has 0 saturated carbocycles. The van der Waals surface area contributed by atoms with Gasteiger partial charge in [0.05, 0.1) is 13.2 Å². The Labute approximate surface area is 120 Å². The van der Waals surface area contributed by atoms with Gasteiger partial charge in [0.15, 0.2) is 0 Å². The van der Waals surface area contributed by atoms with Crippen molar-refractivity contribution in [2.45, 2.75) is 31.5 Å². The quantitative estimate of drug-likeness (QED) is 0.848. The Balaban J connectivity index is 2.14. The lowest BCUT2D eigenvalue weighted by Gasteiger charge is -2.36. The van der Waals surface area contributed by atoms with E-state index in [4.69, 9.17) is 4.74 Å². The Morgan fingerprint density at radius 1 is 1.63 bits per heavy atom. The van der Waals surface area contributed by atoms with Gasteiger partial charge in [-0.2, -0.15) is 0 Å². The molecule has 0 bridgehead atoms. The topological polar surface area (TPSA) is 62.7 Å². The van der Waals surface area contributed by atoms with Crippen LogP contribution in [0.1, 0.15) is 18.4 Å². The molecule has 0 amide bonds. The monoisotopic (exact) mass is 328 g/mol. The summed E-state index contributed by atoms with van der Waals surface area (Å²) in [5, 5.41) is 10.0. The van der Waals surface area contributed by atoms with Gasteiger partial charge in [-0.05, 0) is 46.9 Å². The van der Waals surface area contributed by atoms with Gasteiger partial charge in [0.2, 0.25) is 0 Å². The molecule has 19 heavy (non-hydrogen) atoms. The standard InChI is InChI=1S/C13H17BrN2O3/c1-19-13(18)12-11(17)3-2-4-16(12)8-9-5-10(14)7-15-6-9/h5-7,11-12,17H,2-4,8H2,1H3/t11-,12-/m0/s1. The van der Waals surface area contributed by atoms with Gasteiger partial charge in [0.25, 0.3) is 0 Å². The summed E-state index contributed by atoms with van der Waals surface area (Å²) >= 11 is 3.37. The van der Waals surface area contributed by atoms with Crippen LogP contribution in [0.5, 0.6) is 0 Å². The number of likely N-dealkylation sites (tertiary alicyclic amines) is 1. The number of hydrogen-bond donors (Lipinski definition) is 1. The van der Waals surface area contributed by atoms with E-state index in [0.29, 0.717) is 13.0 Å². The van der Waals surface area contributed by atoms with Crippen LogP contribution in [-0.2, 0) is 16.1 Å². The lowest BCUT2D eigenvalue weighted by Crippen LogP contribution is -2.52. The Kier molecular flexibility index (Phi) is 4.90. The highest BCUT2D eigenvalue weighted by atomic mass is 79.9. The average molecular weight is 329 g/mol. The Morgan fingerprint density at radius 3 is 3.11 bits per heavy atom. The van der Waals surface area contributed by atoms with Crippen LogP contribution in [0.4, 0.5) is 0 Å². The largest absolute Gasteiger partial charge is 0.468 e. The fraction of sp³-hybridized carbons (Fsp3) is 0.538. The molecule has 2 atom stereocenters. The van der Waals surface area contributed by atoms with Crippen LogP contribution in [0.25, 0.3) is 0 Å². The van der Waals surface area contributed by atoms with E-state index in [2.05, 4.69) is 20.9 Å². The smallest absolute Gasteiger partial charge is 0.325 e. The number of aromatic nitrogens is 1. The number of pyridine rings is 1. The summed E-state index contributed by atoms with van der Waals surface area (Å²) in [6.07, 6.45) is 4.32. The normalized spacial score (nSPS) is 24.2. The lowest BCUT2D eigenvalue weighted by molar-refractivity contribution is -0.154. The summed E-state index contributed by atoms with van der Waals surface area (Å²) in [6.45, 7) is 1.34. The number of carbonyl (C=O) groups is 1. The lowest BCUT2D eigenvalue weighted by atomic mass is 9.98. The Hall–Kier alpha value is -0.980. The zero-order valence-electron chi connectivity index (χ0n) is 10.8.